The smallest absolute Gasteiger partial charge is 0.338 e. The van der Waals surface area contributed by atoms with Gasteiger partial charge in [-0.15, -0.1) is 0 Å². The van der Waals surface area contributed by atoms with Gasteiger partial charge >= 0.3 is 11.9 Å². The van der Waals surface area contributed by atoms with Crippen molar-refractivity contribution in [3.05, 3.63) is 34.4 Å². The molecule has 0 amide bonds. The SMILES string of the molecule is COC(=O)c1cc2c(cc1C(=O)OC)COCCCOC2. The molecule has 0 aromatic heterocycles. The molecule has 0 aliphatic carbocycles. The van der Waals surface area contributed by atoms with E-state index in [4.69, 9.17) is 18.9 Å². The minimum Gasteiger partial charge on any atom is -0.465 e. The Kier molecular flexibility index (Phi) is 5.30. The van der Waals surface area contributed by atoms with Gasteiger partial charge in [-0.05, 0) is 29.7 Å². The number of benzene rings is 1. The van der Waals surface area contributed by atoms with Gasteiger partial charge in [-0.2, -0.15) is 0 Å². The van der Waals surface area contributed by atoms with E-state index >= 15 is 0 Å². The number of carbonyl (C=O) groups excluding carboxylic acids is 2. The molecule has 0 N–H and O–H groups in total. The Hall–Kier alpha value is -1.92. The van der Waals surface area contributed by atoms with Crippen LogP contribution in [-0.4, -0.2) is 39.4 Å². The Morgan fingerprint density at radius 3 is 1.71 bits per heavy atom. The second kappa shape index (κ2) is 7.19. The molecule has 6 nitrogen and oxygen atoms in total. The minimum absolute atomic E-state index is 0.172. The lowest BCUT2D eigenvalue weighted by Crippen LogP contribution is -2.14. The van der Waals surface area contributed by atoms with Crippen molar-refractivity contribution in [2.75, 3.05) is 27.4 Å². The summed E-state index contributed by atoms with van der Waals surface area (Å²) in [5.74, 6) is -1.17. The van der Waals surface area contributed by atoms with E-state index in [1.54, 1.807) is 12.1 Å². The molecule has 114 valence electrons. The van der Waals surface area contributed by atoms with Crippen molar-refractivity contribution in [2.45, 2.75) is 19.6 Å². The summed E-state index contributed by atoms with van der Waals surface area (Å²) in [7, 11) is 2.54. The molecule has 6 heteroatoms. The highest BCUT2D eigenvalue weighted by molar-refractivity contribution is 6.03. The van der Waals surface area contributed by atoms with Crippen LogP contribution in [0.2, 0.25) is 0 Å². The summed E-state index contributed by atoms with van der Waals surface area (Å²) in [4.78, 5) is 23.7. The molecular weight excluding hydrogens is 276 g/mol. The first-order valence-electron chi connectivity index (χ1n) is 6.65. The summed E-state index contributed by atoms with van der Waals surface area (Å²) in [5, 5.41) is 0. The van der Waals surface area contributed by atoms with E-state index in [9.17, 15) is 9.59 Å². The molecule has 0 atom stereocenters. The van der Waals surface area contributed by atoms with Crippen molar-refractivity contribution >= 4 is 11.9 Å². The van der Waals surface area contributed by atoms with Gasteiger partial charge in [0.15, 0.2) is 0 Å². The molecule has 0 fully saturated rings. The second-order valence-corrected chi connectivity index (χ2v) is 4.61. The molecule has 0 bridgehead atoms. The van der Waals surface area contributed by atoms with Crippen molar-refractivity contribution in [1.82, 2.24) is 0 Å². The minimum atomic E-state index is -0.584. The number of ether oxygens (including phenoxy) is 4. The Morgan fingerprint density at radius 1 is 0.905 bits per heavy atom. The number of esters is 2. The van der Waals surface area contributed by atoms with Crippen LogP contribution in [0, 0.1) is 0 Å². The Balaban J connectivity index is 2.48. The number of carbonyl (C=O) groups is 2. The summed E-state index contributed by atoms with van der Waals surface area (Å²) < 4.78 is 20.5. The van der Waals surface area contributed by atoms with Gasteiger partial charge in [0.05, 0.1) is 38.6 Å². The van der Waals surface area contributed by atoms with E-state index in [0.29, 0.717) is 26.4 Å². The Bertz CT molecular complexity index is 490. The summed E-state index contributed by atoms with van der Waals surface area (Å²) in [6.07, 6.45) is 0.807. The quantitative estimate of drug-likeness (QED) is 0.773. The zero-order valence-corrected chi connectivity index (χ0v) is 12.1. The third-order valence-corrected chi connectivity index (χ3v) is 3.24. The number of methoxy groups -OCH3 is 2. The monoisotopic (exact) mass is 294 g/mol. The lowest BCUT2D eigenvalue weighted by Gasteiger charge is -2.13. The third kappa shape index (κ3) is 3.59. The predicted molar refractivity (Wildman–Crippen MR) is 73.1 cm³/mol. The first-order valence-corrected chi connectivity index (χ1v) is 6.65. The summed E-state index contributed by atoms with van der Waals surface area (Å²) in [6.45, 7) is 1.91. The highest BCUT2D eigenvalue weighted by Crippen LogP contribution is 2.22. The largest absolute Gasteiger partial charge is 0.465 e. The van der Waals surface area contributed by atoms with Gasteiger partial charge in [0.25, 0.3) is 0 Å². The van der Waals surface area contributed by atoms with Gasteiger partial charge in [0.2, 0.25) is 0 Å². The first-order chi connectivity index (χ1) is 10.2. The highest BCUT2D eigenvalue weighted by Gasteiger charge is 2.22. The molecule has 1 aliphatic rings. The lowest BCUT2D eigenvalue weighted by molar-refractivity contribution is 0.0554. The van der Waals surface area contributed by atoms with Crippen LogP contribution in [0.25, 0.3) is 0 Å². The van der Waals surface area contributed by atoms with Crippen LogP contribution in [-0.2, 0) is 32.2 Å². The molecule has 0 saturated carbocycles. The topological polar surface area (TPSA) is 71.1 Å². The van der Waals surface area contributed by atoms with Gasteiger partial charge in [-0.3, -0.25) is 0 Å². The fourth-order valence-electron chi connectivity index (χ4n) is 2.14. The van der Waals surface area contributed by atoms with E-state index in [1.807, 2.05) is 0 Å². The maximum Gasteiger partial charge on any atom is 0.338 e. The number of hydrogen-bond acceptors (Lipinski definition) is 6. The van der Waals surface area contributed by atoms with Gasteiger partial charge < -0.3 is 18.9 Å². The van der Waals surface area contributed by atoms with Crippen LogP contribution in [0.1, 0.15) is 38.3 Å². The summed E-state index contributed by atoms with van der Waals surface area (Å²) in [6, 6.07) is 3.23. The Labute approximate surface area is 122 Å². The molecular formula is C15H18O6. The summed E-state index contributed by atoms with van der Waals surface area (Å²) in [5.41, 5.74) is 1.96. The van der Waals surface area contributed by atoms with Gasteiger partial charge in [0.1, 0.15) is 0 Å². The number of rotatable bonds is 2. The van der Waals surface area contributed by atoms with E-state index in [0.717, 1.165) is 17.5 Å². The first kappa shape index (κ1) is 15.5. The molecule has 0 radical (unpaired) electrons. The zero-order valence-electron chi connectivity index (χ0n) is 12.1. The van der Waals surface area contributed by atoms with Crippen molar-refractivity contribution in [1.29, 1.82) is 0 Å². The van der Waals surface area contributed by atoms with Crippen LogP contribution >= 0.6 is 0 Å². The van der Waals surface area contributed by atoms with E-state index in [2.05, 4.69) is 0 Å². The van der Waals surface area contributed by atoms with Crippen LogP contribution < -0.4 is 0 Å². The number of hydrogen-bond donors (Lipinski definition) is 0. The van der Waals surface area contributed by atoms with E-state index in [-0.39, 0.29) is 11.1 Å². The summed E-state index contributed by atoms with van der Waals surface area (Å²) >= 11 is 0. The fraction of sp³-hybridized carbons (Fsp3) is 0.467. The van der Waals surface area contributed by atoms with Crippen molar-refractivity contribution < 1.29 is 28.5 Å². The van der Waals surface area contributed by atoms with E-state index in [1.165, 1.54) is 14.2 Å². The molecule has 0 saturated heterocycles. The molecule has 2 rings (SSSR count). The van der Waals surface area contributed by atoms with E-state index < -0.39 is 11.9 Å². The van der Waals surface area contributed by atoms with Crippen LogP contribution in [0.5, 0.6) is 0 Å². The maximum absolute atomic E-state index is 11.9. The maximum atomic E-state index is 11.9. The van der Waals surface area contributed by atoms with Crippen LogP contribution in [0.3, 0.4) is 0 Å². The third-order valence-electron chi connectivity index (χ3n) is 3.24. The standard InChI is InChI=1S/C15H18O6/c1-18-14(16)12-6-10-8-20-4-3-5-21-9-11(10)7-13(12)15(17)19-2/h6-7H,3-5,8-9H2,1-2H3. The van der Waals surface area contributed by atoms with Crippen LogP contribution in [0.15, 0.2) is 12.1 Å². The fourth-order valence-corrected chi connectivity index (χ4v) is 2.14. The van der Waals surface area contributed by atoms with Crippen molar-refractivity contribution in [2.24, 2.45) is 0 Å². The molecule has 21 heavy (non-hydrogen) atoms. The van der Waals surface area contributed by atoms with Gasteiger partial charge in [-0.1, -0.05) is 0 Å². The van der Waals surface area contributed by atoms with Crippen molar-refractivity contribution in [3.8, 4) is 0 Å². The molecule has 1 aromatic rings. The number of fused-ring (bicyclic) bond motifs is 1. The highest BCUT2D eigenvalue weighted by atomic mass is 16.5. The van der Waals surface area contributed by atoms with Gasteiger partial charge in [-0.25, -0.2) is 9.59 Å². The molecule has 1 aromatic carbocycles. The average Bonchev–Trinajstić information content (AvgIpc) is 2.63. The van der Waals surface area contributed by atoms with Crippen molar-refractivity contribution in [3.63, 3.8) is 0 Å². The molecule has 1 heterocycles. The Morgan fingerprint density at radius 2 is 1.33 bits per heavy atom. The molecule has 0 spiro atoms. The normalized spacial score (nSPS) is 15.1. The predicted octanol–water partition coefficient (Wildman–Crippen LogP) is 1.70. The average molecular weight is 294 g/mol. The lowest BCUT2D eigenvalue weighted by atomic mass is 9.98. The molecule has 1 aliphatic heterocycles. The zero-order chi connectivity index (χ0) is 15.2. The van der Waals surface area contributed by atoms with Gasteiger partial charge in [0, 0.05) is 13.2 Å². The second-order valence-electron chi connectivity index (χ2n) is 4.61. The van der Waals surface area contributed by atoms with Crippen LogP contribution in [0.4, 0.5) is 0 Å². The molecule has 0 unspecified atom stereocenters.